The minimum Gasteiger partial charge on any atom is -0.373 e. The number of likely N-dealkylation sites (N-methyl/N-ethyl adjacent to an activating group) is 1. The van der Waals surface area contributed by atoms with Crippen molar-refractivity contribution in [3.63, 3.8) is 0 Å². The second-order valence-electron chi connectivity index (χ2n) is 4.02. The molecule has 0 unspecified atom stereocenters. The Morgan fingerprint density at radius 3 is 2.89 bits per heavy atom. The van der Waals surface area contributed by atoms with Crippen molar-refractivity contribution in [3.05, 3.63) is 51.2 Å². The topological polar surface area (TPSA) is 27.0 Å². The molecular weight excluding hydrogens is 264 g/mol. The van der Waals surface area contributed by atoms with Gasteiger partial charge in [0.1, 0.15) is 6.07 Å². The summed E-state index contributed by atoms with van der Waals surface area (Å²) >= 11 is 7.74. The highest BCUT2D eigenvalue weighted by molar-refractivity contribution is 7.09. The average Bonchev–Trinajstić information content (AvgIpc) is 2.89. The predicted octanol–water partition coefficient (Wildman–Crippen LogP) is 3.95. The van der Waals surface area contributed by atoms with E-state index in [-0.39, 0.29) is 0 Å². The van der Waals surface area contributed by atoms with Gasteiger partial charge in [0.05, 0.1) is 11.3 Å². The van der Waals surface area contributed by atoms with E-state index in [1.54, 1.807) is 23.5 Å². The van der Waals surface area contributed by atoms with E-state index in [0.29, 0.717) is 10.6 Å². The Hall–Kier alpha value is -1.50. The summed E-state index contributed by atoms with van der Waals surface area (Å²) in [6.07, 6.45) is 0.978. The highest BCUT2D eigenvalue weighted by Gasteiger charge is 2.08. The van der Waals surface area contributed by atoms with Crippen LogP contribution in [0.1, 0.15) is 10.4 Å². The molecule has 0 atom stereocenters. The molecule has 4 heteroatoms. The van der Waals surface area contributed by atoms with Crippen LogP contribution in [0.25, 0.3) is 0 Å². The monoisotopic (exact) mass is 276 g/mol. The molecule has 0 N–H and O–H groups in total. The molecule has 2 aromatic rings. The predicted molar refractivity (Wildman–Crippen MR) is 77.5 cm³/mol. The highest BCUT2D eigenvalue weighted by Crippen LogP contribution is 2.24. The van der Waals surface area contributed by atoms with Crippen molar-refractivity contribution in [3.8, 4) is 6.07 Å². The van der Waals surface area contributed by atoms with Gasteiger partial charge in [-0.2, -0.15) is 5.26 Å². The van der Waals surface area contributed by atoms with Crippen molar-refractivity contribution in [1.29, 1.82) is 5.26 Å². The zero-order valence-electron chi connectivity index (χ0n) is 10.1. The molecule has 0 saturated heterocycles. The number of nitrogens with zero attached hydrogens (tertiary/aromatic N) is 2. The van der Waals surface area contributed by atoms with Crippen LogP contribution in [-0.2, 0) is 6.42 Å². The van der Waals surface area contributed by atoms with Crippen LogP contribution in [0.2, 0.25) is 5.02 Å². The molecule has 18 heavy (non-hydrogen) atoms. The van der Waals surface area contributed by atoms with Crippen LogP contribution in [0, 0.1) is 11.3 Å². The first-order valence-electron chi connectivity index (χ1n) is 5.64. The maximum atomic E-state index is 9.09. The molecule has 0 bridgehead atoms. The average molecular weight is 277 g/mol. The van der Waals surface area contributed by atoms with Gasteiger partial charge in [-0.3, -0.25) is 0 Å². The summed E-state index contributed by atoms with van der Waals surface area (Å²) < 4.78 is 0. The van der Waals surface area contributed by atoms with Crippen molar-refractivity contribution >= 4 is 28.6 Å². The van der Waals surface area contributed by atoms with Gasteiger partial charge in [-0.1, -0.05) is 17.7 Å². The number of thiophene rings is 1. The molecule has 1 aromatic heterocycles. The smallest absolute Gasteiger partial charge is 0.101 e. The maximum absolute atomic E-state index is 9.09. The van der Waals surface area contributed by atoms with Crippen LogP contribution >= 0.6 is 22.9 Å². The maximum Gasteiger partial charge on any atom is 0.101 e. The lowest BCUT2D eigenvalue weighted by atomic mass is 10.1. The van der Waals surface area contributed by atoms with Gasteiger partial charge in [-0.05, 0) is 36.1 Å². The fraction of sp³-hybridized carbons (Fsp3) is 0.214. The second kappa shape index (κ2) is 5.90. The van der Waals surface area contributed by atoms with Gasteiger partial charge < -0.3 is 4.90 Å². The van der Waals surface area contributed by atoms with Gasteiger partial charge in [-0.25, -0.2) is 0 Å². The van der Waals surface area contributed by atoms with Crippen LogP contribution in [0.15, 0.2) is 35.7 Å². The summed E-state index contributed by atoms with van der Waals surface area (Å²) in [6, 6.07) is 11.7. The van der Waals surface area contributed by atoms with Crippen molar-refractivity contribution in [2.24, 2.45) is 0 Å². The summed E-state index contributed by atoms with van der Waals surface area (Å²) in [6.45, 7) is 0.871. The minimum atomic E-state index is 0.659. The van der Waals surface area contributed by atoms with E-state index in [4.69, 9.17) is 16.9 Å². The van der Waals surface area contributed by atoms with E-state index >= 15 is 0 Å². The number of hydrogen-bond acceptors (Lipinski definition) is 3. The van der Waals surface area contributed by atoms with Crippen LogP contribution < -0.4 is 4.90 Å². The highest BCUT2D eigenvalue weighted by atomic mass is 35.5. The van der Waals surface area contributed by atoms with Gasteiger partial charge in [0.15, 0.2) is 0 Å². The third-order valence-electron chi connectivity index (χ3n) is 2.77. The van der Waals surface area contributed by atoms with Crippen LogP contribution in [-0.4, -0.2) is 13.6 Å². The van der Waals surface area contributed by atoms with Gasteiger partial charge in [-0.15, -0.1) is 11.3 Å². The fourth-order valence-corrected chi connectivity index (χ4v) is 2.63. The molecule has 92 valence electrons. The van der Waals surface area contributed by atoms with Gasteiger partial charge in [0.2, 0.25) is 0 Å². The molecule has 0 aliphatic carbocycles. The first-order valence-corrected chi connectivity index (χ1v) is 6.89. The molecule has 2 rings (SSSR count). The molecule has 0 spiro atoms. The second-order valence-corrected chi connectivity index (χ2v) is 5.49. The Balaban J connectivity index is 2.11. The third kappa shape index (κ3) is 3.04. The molecule has 0 radical (unpaired) electrons. The molecule has 1 aromatic carbocycles. The molecule has 0 saturated carbocycles. The van der Waals surface area contributed by atoms with Crippen molar-refractivity contribution < 1.29 is 0 Å². The Bertz CT molecular complexity index is 558. The van der Waals surface area contributed by atoms with Crippen molar-refractivity contribution in [1.82, 2.24) is 0 Å². The summed E-state index contributed by atoms with van der Waals surface area (Å²) in [4.78, 5) is 3.42. The number of hydrogen-bond donors (Lipinski definition) is 0. The van der Waals surface area contributed by atoms with Crippen LogP contribution in [0.5, 0.6) is 0 Å². The summed E-state index contributed by atoms with van der Waals surface area (Å²) in [5.41, 5.74) is 1.55. The number of halogens is 1. The Morgan fingerprint density at radius 2 is 2.22 bits per heavy atom. The van der Waals surface area contributed by atoms with Crippen LogP contribution in [0.4, 0.5) is 5.69 Å². The Morgan fingerprint density at radius 1 is 1.39 bits per heavy atom. The van der Waals surface area contributed by atoms with Gasteiger partial charge >= 0.3 is 0 Å². The van der Waals surface area contributed by atoms with E-state index < -0.39 is 0 Å². The lowest BCUT2D eigenvalue weighted by molar-refractivity contribution is 0.886. The number of anilines is 1. The van der Waals surface area contributed by atoms with Gasteiger partial charge in [0.25, 0.3) is 0 Å². The summed E-state index contributed by atoms with van der Waals surface area (Å²) in [5, 5.41) is 11.8. The van der Waals surface area contributed by atoms with E-state index in [0.717, 1.165) is 18.7 Å². The largest absolute Gasteiger partial charge is 0.373 e. The lowest BCUT2D eigenvalue weighted by Gasteiger charge is -2.20. The number of benzene rings is 1. The van der Waals surface area contributed by atoms with E-state index in [9.17, 15) is 0 Å². The van der Waals surface area contributed by atoms with E-state index in [1.165, 1.54) is 4.88 Å². The fourth-order valence-electron chi connectivity index (χ4n) is 1.77. The zero-order chi connectivity index (χ0) is 13.0. The van der Waals surface area contributed by atoms with E-state index in [1.807, 2.05) is 13.1 Å². The molecule has 0 aliphatic heterocycles. The molecule has 2 nitrogen and oxygen atoms in total. The normalized spacial score (nSPS) is 10.1. The van der Waals surface area contributed by atoms with Crippen LogP contribution in [0.3, 0.4) is 0 Å². The quantitative estimate of drug-likeness (QED) is 0.845. The van der Waals surface area contributed by atoms with Crippen molar-refractivity contribution in [2.75, 3.05) is 18.5 Å². The molecule has 0 amide bonds. The lowest BCUT2D eigenvalue weighted by Crippen LogP contribution is -2.21. The first-order chi connectivity index (χ1) is 8.70. The minimum absolute atomic E-state index is 0.659. The van der Waals surface area contributed by atoms with E-state index in [2.05, 4.69) is 28.5 Å². The summed E-state index contributed by atoms with van der Waals surface area (Å²) in [7, 11) is 1.99. The molecular formula is C14H13ClN2S. The molecule has 1 heterocycles. The Labute approximate surface area is 116 Å². The SMILES string of the molecule is CN(CCc1cccs1)c1cc(Cl)ccc1C#N. The van der Waals surface area contributed by atoms with Gasteiger partial charge in [0, 0.05) is 23.5 Å². The standard InChI is InChI=1S/C14H13ClN2S/c1-17(7-6-13-3-2-8-18-13)14-9-12(15)5-4-11(14)10-16/h2-5,8-9H,6-7H2,1H3. The Kier molecular flexibility index (Phi) is 4.24. The number of rotatable bonds is 4. The van der Waals surface area contributed by atoms with Crippen molar-refractivity contribution in [2.45, 2.75) is 6.42 Å². The third-order valence-corrected chi connectivity index (χ3v) is 3.94. The number of nitriles is 1. The molecule has 0 aliphatic rings. The summed E-state index contributed by atoms with van der Waals surface area (Å²) in [5.74, 6) is 0. The zero-order valence-corrected chi connectivity index (χ0v) is 11.6. The molecule has 0 fully saturated rings. The first kappa shape index (κ1) is 12.9.